The molecular formula is C13H14N4O2. The fraction of sp³-hybridized carbons (Fsp3) is 0.308. The highest BCUT2D eigenvalue weighted by Gasteiger charge is 2.51. The minimum absolute atomic E-state index is 0.0579. The largest absolute Gasteiger partial charge is 0.466 e. The summed E-state index contributed by atoms with van der Waals surface area (Å²) in [5.41, 5.74) is 0.625. The van der Waals surface area contributed by atoms with Crippen LogP contribution < -0.4 is 10.1 Å². The zero-order valence-corrected chi connectivity index (χ0v) is 10.5. The van der Waals surface area contributed by atoms with Gasteiger partial charge in [0.1, 0.15) is 0 Å². The van der Waals surface area contributed by atoms with Gasteiger partial charge in [-0.05, 0) is 18.4 Å². The lowest BCUT2D eigenvalue weighted by molar-refractivity contribution is -0.118. The van der Waals surface area contributed by atoms with Crippen LogP contribution in [0.1, 0.15) is 18.4 Å². The SMILES string of the molecule is COc1n[nH]c(NC(=O)C2(c3ccccc3)CC2)n1. The Morgan fingerprint density at radius 3 is 2.68 bits per heavy atom. The highest BCUT2D eigenvalue weighted by Crippen LogP contribution is 2.48. The molecule has 1 aliphatic carbocycles. The smallest absolute Gasteiger partial charge is 0.336 e. The standard InChI is InChI=1S/C13H14N4O2/c1-19-12-15-11(16-17-12)14-10(18)13(7-8-13)9-5-3-2-4-6-9/h2-6H,7-8H2,1H3,(H2,14,15,16,17,18). The van der Waals surface area contributed by atoms with Crippen molar-refractivity contribution < 1.29 is 9.53 Å². The normalized spacial score (nSPS) is 15.8. The topological polar surface area (TPSA) is 79.9 Å². The van der Waals surface area contributed by atoms with Gasteiger partial charge in [-0.15, -0.1) is 5.10 Å². The Morgan fingerprint density at radius 2 is 2.11 bits per heavy atom. The van der Waals surface area contributed by atoms with E-state index in [9.17, 15) is 4.79 Å². The van der Waals surface area contributed by atoms with Gasteiger partial charge in [0.2, 0.25) is 11.9 Å². The van der Waals surface area contributed by atoms with E-state index in [-0.39, 0.29) is 11.9 Å². The van der Waals surface area contributed by atoms with E-state index >= 15 is 0 Å². The Balaban J connectivity index is 1.77. The Kier molecular flexibility index (Phi) is 2.70. The number of aromatic amines is 1. The number of benzene rings is 1. The summed E-state index contributed by atoms with van der Waals surface area (Å²) in [7, 11) is 1.47. The molecule has 0 atom stereocenters. The van der Waals surface area contributed by atoms with Crippen LogP contribution in [0.2, 0.25) is 0 Å². The fourth-order valence-corrected chi connectivity index (χ4v) is 2.15. The maximum atomic E-state index is 12.4. The molecule has 1 fully saturated rings. The van der Waals surface area contributed by atoms with Crippen molar-refractivity contribution in [3.8, 4) is 6.01 Å². The van der Waals surface area contributed by atoms with Crippen LogP contribution in [0.15, 0.2) is 30.3 Å². The minimum atomic E-state index is -0.415. The number of carbonyl (C=O) groups excluding carboxylic acids is 1. The van der Waals surface area contributed by atoms with Crippen LogP contribution in [-0.4, -0.2) is 28.2 Å². The average molecular weight is 258 g/mol. The number of H-pyrrole nitrogens is 1. The van der Waals surface area contributed by atoms with Gasteiger partial charge in [-0.2, -0.15) is 4.98 Å². The molecule has 1 aromatic heterocycles. The average Bonchev–Trinajstić information content (AvgIpc) is 3.15. The van der Waals surface area contributed by atoms with E-state index in [0.717, 1.165) is 18.4 Å². The van der Waals surface area contributed by atoms with Gasteiger partial charge in [0.15, 0.2) is 0 Å². The molecule has 2 aromatic rings. The molecule has 1 amide bonds. The van der Waals surface area contributed by atoms with Gasteiger partial charge in [0.05, 0.1) is 12.5 Å². The van der Waals surface area contributed by atoms with Gasteiger partial charge < -0.3 is 4.74 Å². The lowest BCUT2D eigenvalue weighted by atomic mass is 9.95. The van der Waals surface area contributed by atoms with E-state index in [1.54, 1.807) is 0 Å². The number of methoxy groups -OCH3 is 1. The van der Waals surface area contributed by atoms with Crippen LogP contribution in [0.4, 0.5) is 5.95 Å². The first-order chi connectivity index (χ1) is 9.24. The molecule has 0 aliphatic heterocycles. The summed E-state index contributed by atoms with van der Waals surface area (Å²) in [4.78, 5) is 16.3. The number of carbonyl (C=O) groups is 1. The van der Waals surface area contributed by atoms with Crippen molar-refractivity contribution in [2.75, 3.05) is 12.4 Å². The van der Waals surface area contributed by atoms with Crippen molar-refractivity contribution in [3.05, 3.63) is 35.9 Å². The Hall–Kier alpha value is -2.37. The third kappa shape index (κ3) is 2.05. The van der Waals surface area contributed by atoms with Crippen molar-refractivity contribution in [2.24, 2.45) is 0 Å². The summed E-state index contributed by atoms with van der Waals surface area (Å²) in [5, 5.41) is 9.16. The quantitative estimate of drug-likeness (QED) is 0.870. The number of nitrogens with zero attached hydrogens (tertiary/aromatic N) is 2. The number of nitrogens with one attached hydrogen (secondary N) is 2. The van der Waals surface area contributed by atoms with Gasteiger partial charge in [-0.3, -0.25) is 10.1 Å². The Morgan fingerprint density at radius 1 is 1.37 bits per heavy atom. The zero-order chi connectivity index (χ0) is 13.3. The molecule has 1 heterocycles. The van der Waals surface area contributed by atoms with Gasteiger partial charge >= 0.3 is 6.01 Å². The predicted molar refractivity (Wildman–Crippen MR) is 68.9 cm³/mol. The number of hydrogen-bond acceptors (Lipinski definition) is 4. The first kappa shape index (κ1) is 11.7. The second-order valence-electron chi connectivity index (χ2n) is 4.57. The number of aromatic nitrogens is 3. The van der Waals surface area contributed by atoms with Crippen molar-refractivity contribution in [2.45, 2.75) is 18.3 Å². The third-order valence-electron chi connectivity index (χ3n) is 3.39. The van der Waals surface area contributed by atoms with E-state index < -0.39 is 5.41 Å². The lowest BCUT2D eigenvalue weighted by Gasteiger charge is -2.14. The molecule has 1 saturated carbocycles. The molecular weight excluding hydrogens is 244 g/mol. The van der Waals surface area contributed by atoms with E-state index in [1.165, 1.54) is 7.11 Å². The molecule has 3 rings (SSSR count). The van der Waals surface area contributed by atoms with E-state index in [1.807, 2.05) is 30.3 Å². The van der Waals surface area contributed by atoms with E-state index in [4.69, 9.17) is 4.74 Å². The maximum absolute atomic E-state index is 12.4. The summed E-state index contributed by atoms with van der Waals surface area (Å²) in [6, 6.07) is 10.0. The van der Waals surface area contributed by atoms with Crippen molar-refractivity contribution in [1.82, 2.24) is 15.2 Å². The summed E-state index contributed by atoms with van der Waals surface area (Å²) in [5.74, 6) is 0.251. The second-order valence-corrected chi connectivity index (χ2v) is 4.57. The molecule has 6 nitrogen and oxygen atoms in total. The first-order valence-corrected chi connectivity index (χ1v) is 6.08. The van der Waals surface area contributed by atoms with E-state index in [2.05, 4.69) is 20.5 Å². The first-order valence-electron chi connectivity index (χ1n) is 6.08. The van der Waals surface area contributed by atoms with Crippen LogP contribution in [0.5, 0.6) is 6.01 Å². The van der Waals surface area contributed by atoms with Crippen LogP contribution in [0.3, 0.4) is 0 Å². The maximum Gasteiger partial charge on any atom is 0.336 e. The summed E-state index contributed by atoms with van der Waals surface area (Å²) in [6.07, 6.45) is 1.71. The number of anilines is 1. The molecule has 0 saturated heterocycles. The molecule has 2 N–H and O–H groups in total. The third-order valence-corrected chi connectivity index (χ3v) is 3.39. The molecule has 6 heteroatoms. The van der Waals surface area contributed by atoms with Gasteiger partial charge in [0, 0.05) is 0 Å². The molecule has 0 bridgehead atoms. The van der Waals surface area contributed by atoms with Crippen molar-refractivity contribution in [1.29, 1.82) is 0 Å². The fourth-order valence-electron chi connectivity index (χ4n) is 2.15. The highest BCUT2D eigenvalue weighted by molar-refractivity contribution is 6.00. The number of amides is 1. The Labute approximate surface area is 110 Å². The van der Waals surface area contributed by atoms with Crippen molar-refractivity contribution >= 4 is 11.9 Å². The number of rotatable bonds is 4. The van der Waals surface area contributed by atoms with Crippen LogP contribution in [0, 0.1) is 0 Å². The Bertz CT molecular complexity index is 590. The number of ether oxygens (including phenoxy) is 1. The van der Waals surface area contributed by atoms with E-state index in [0.29, 0.717) is 5.95 Å². The van der Waals surface area contributed by atoms with Crippen LogP contribution in [-0.2, 0) is 10.2 Å². The second kappa shape index (κ2) is 4.38. The summed E-state index contributed by atoms with van der Waals surface area (Å²) < 4.78 is 4.86. The van der Waals surface area contributed by atoms with Crippen LogP contribution >= 0.6 is 0 Å². The highest BCUT2D eigenvalue weighted by atomic mass is 16.5. The molecule has 19 heavy (non-hydrogen) atoms. The summed E-state index contributed by atoms with van der Waals surface area (Å²) in [6.45, 7) is 0. The van der Waals surface area contributed by atoms with Gasteiger partial charge in [0.25, 0.3) is 0 Å². The molecule has 1 aromatic carbocycles. The minimum Gasteiger partial charge on any atom is -0.466 e. The zero-order valence-electron chi connectivity index (χ0n) is 10.5. The van der Waals surface area contributed by atoms with Crippen molar-refractivity contribution in [3.63, 3.8) is 0 Å². The molecule has 1 aliphatic rings. The summed E-state index contributed by atoms with van der Waals surface area (Å²) >= 11 is 0. The lowest BCUT2D eigenvalue weighted by Crippen LogP contribution is -2.28. The molecule has 98 valence electrons. The monoisotopic (exact) mass is 258 g/mol. The molecule has 0 unspecified atom stereocenters. The van der Waals surface area contributed by atoms with Gasteiger partial charge in [-0.1, -0.05) is 30.3 Å². The molecule has 0 spiro atoms. The predicted octanol–water partition coefficient (Wildman–Crippen LogP) is 1.48. The van der Waals surface area contributed by atoms with Crippen LogP contribution in [0.25, 0.3) is 0 Å². The van der Waals surface area contributed by atoms with Gasteiger partial charge in [-0.25, -0.2) is 5.10 Å². The number of hydrogen-bond donors (Lipinski definition) is 2. The molecule has 0 radical (unpaired) electrons.